The second-order valence-electron chi connectivity index (χ2n) is 9.30. The lowest BCUT2D eigenvalue weighted by Crippen LogP contribution is -2.49. The van der Waals surface area contributed by atoms with Gasteiger partial charge in [0.05, 0.1) is 23.6 Å². The first-order valence-corrected chi connectivity index (χ1v) is 12.9. The molecule has 0 aliphatic carbocycles. The van der Waals surface area contributed by atoms with E-state index in [9.17, 15) is 4.79 Å². The lowest BCUT2D eigenvalue weighted by molar-refractivity contribution is 0.0139. The molecule has 5 rings (SSSR count). The summed E-state index contributed by atoms with van der Waals surface area (Å²) >= 11 is 3.49. The van der Waals surface area contributed by atoms with E-state index < -0.39 is 5.60 Å². The molecule has 1 saturated heterocycles. The average Bonchev–Trinajstić information content (AvgIpc) is 3.25. The molecule has 2 aliphatic heterocycles. The van der Waals surface area contributed by atoms with E-state index in [1.54, 1.807) is 28.0 Å². The van der Waals surface area contributed by atoms with Crippen LogP contribution in [-0.4, -0.2) is 52.7 Å². The molecule has 6 nitrogen and oxygen atoms in total. The number of amides is 1. The number of benzene rings is 2. The second-order valence-corrected chi connectivity index (χ2v) is 11.3. The van der Waals surface area contributed by atoms with E-state index >= 15 is 0 Å². The highest BCUT2D eigenvalue weighted by Gasteiger charge is 2.26. The number of carbonyl (C=O) groups is 1. The van der Waals surface area contributed by atoms with Crippen molar-refractivity contribution in [2.24, 2.45) is 0 Å². The lowest BCUT2D eigenvalue weighted by atomic mass is 10.1. The van der Waals surface area contributed by atoms with Gasteiger partial charge in [-0.25, -0.2) is 9.78 Å². The summed E-state index contributed by atoms with van der Waals surface area (Å²) in [6.07, 6.45) is -0.222. The molecule has 0 saturated carbocycles. The van der Waals surface area contributed by atoms with Gasteiger partial charge in [-0.05, 0) is 45.0 Å². The molecule has 0 radical (unpaired) electrons. The van der Waals surface area contributed by atoms with Gasteiger partial charge in [0.25, 0.3) is 0 Å². The molecule has 0 unspecified atom stereocenters. The molecule has 172 valence electrons. The molecular weight excluding hydrogens is 452 g/mol. The Morgan fingerprint density at radius 1 is 1.06 bits per heavy atom. The Balaban J connectivity index is 1.20. The summed E-state index contributed by atoms with van der Waals surface area (Å²) in [5, 5.41) is 6.79. The van der Waals surface area contributed by atoms with Crippen LogP contribution in [0.2, 0.25) is 0 Å². The van der Waals surface area contributed by atoms with Crippen molar-refractivity contribution in [3.05, 3.63) is 52.9 Å². The number of para-hydroxylation sites is 1. The molecule has 3 aromatic rings. The maximum absolute atomic E-state index is 12.3. The molecular formula is C25H28N4O2S2. The first kappa shape index (κ1) is 22.3. The number of hydrogen-bond donors (Lipinski definition) is 1. The fourth-order valence-electron chi connectivity index (χ4n) is 3.92. The van der Waals surface area contributed by atoms with E-state index in [-0.39, 0.29) is 6.09 Å². The minimum atomic E-state index is -0.459. The third kappa shape index (κ3) is 5.18. The summed E-state index contributed by atoms with van der Waals surface area (Å²) in [4.78, 5) is 23.8. The summed E-state index contributed by atoms with van der Waals surface area (Å²) in [7, 11) is 0. The Kier molecular flexibility index (Phi) is 6.07. The van der Waals surface area contributed by atoms with E-state index in [0.29, 0.717) is 13.1 Å². The molecule has 1 amide bonds. The van der Waals surface area contributed by atoms with Crippen LogP contribution >= 0.6 is 23.1 Å². The minimum absolute atomic E-state index is 0.222. The largest absolute Gasteiger partial charge is 0.444 e. The van der Waals surface area contributed by atoms with Gasteiger partial charge in [-0.3, -0.25) is 4.90 Å². The van der Waals surface area contributed by atoms with Crippen molar-refractivity contribution in [3.63, 3.8) is 0 Å². The summed E-state index contributed by atoms with van der Waals surface area (Å²) in [5.74, 6) is 0. The number of aromatic nitrogens is 1. The summed E-state index contributed by atoms with van der Waals surface area (Å²) in [5.41, 5.74) is 3.95. The Labute approximate surface area is 203 Å². The number of fused-ring (bicyclic) bond motifs is 2. The minimum Gasteiger partial charge on any atom is -0.444 e. The number of ether oxygens (including phenoxy) is 1. The molecule has 0 atom stereocenters. The van der Waals surface area contributed by atoms with E-state index in [1.807, 2.05) is 20.8 Å². The summed E-state index contributed by atoms with van der Waals surface area (Å²) in [6.45, 7) is 9.53. The van der Waals surface area contributed by atoms with Gasteiger partial charge in [0.15, 0.2) is 0 Å². The monoisotopic (exact) mass is 480 g/mol. The SMILES string of the molecule is CC(C)(C)OC(=O)N1CCN(Cc2nc(-c3ccc4c(c3)Nc3ccccc3S4)cs2)CC1. The van der Waals surface area contributed by atoms with Gasteiger partial charge in [0.1, 0.15) is 10.6 Å². The van der Waals surface area contributed by atoms with Crippen molar-refractivity contribution in [2.75, 3.05) is 31.5 Å². The van der Waals surface area contributed by atoms with Gasteiger partial charge in [-0.2, -0.15) is 0 Å². The van der Waals surface area contributed by atoms with E-state index in [1.165, 1.54) is 9.79 Å². The highest BCUT2D eigenvalue weighted by Crippen LogP contribution is 2.45. The van der Waals surface area contributed by atoms with Crippen LogP contribution < -0.4 is 5.32 Å². The molecule has 2 aliphatic rings. The van der Waals surface area contributed by atoms with Crippen molar-refractivity contribution >= 4 is 40.6 Å². The summed E-state index contributed by atoms with van der Waals surface area (Å²) < 4.78 is 5.49. The van der Waals surface area contributed by atoms with Gasteiger partial charge in [-0.15, -0.1) is 11.3 Å². The molecule has 8 heteroatoms. The van der Waals surface area contributed by atoms with Crippen LogP contribution in [0.4, 0.5) is 16.2 Å². The maximum Gasteiger partial charge on any atom is 0.410 e. The molecule has 0 bridgehead atoms. The molecule has 1 fully saturated rings. The third-order valence-electron chi connectivity index (χ3n) is 5.59. The van der Waals surface area contributed by atoms with E-state index in [2.05, 4.69) is 58.1 Å². The molecule has 2 aromatic carbocycles. The van der Waals surface area contributed by atoms with Crippen molar-refractivity contribution < 1.29 is 9.53 Å². The van der Waals surface area contributed by atoms with Crippen molar-refractivity contribution in [3.8, 4) is 11.3 Å². The quantitative estimate of drug-likeness (QED) is 0.384. The third-order valence-corrected chi connectivity index (χ3v) is 7.57. The van der Waals surface area contributed by atoms with Crippen LogP contribution in [0.15, 0.2) is 57.6 Å². The molecule has 0 spiro atoms. The Morgan fingerprint density at radius 3 is 2.61 bits per heavy atom. The first-order valence-electron chi connectivity index (χ1n) is 11.2. The average molecular weight is 481 g/mol. The highest BCUT2D eigenvalue weighted by molar-refractivity contribution is 7.99. The Hall–Kier alpha value is -2.55. The second kappa shape index (κ2) is 9.00. The summed E-state index contributed by atoms with van der Waals surface area (Å²) in [6, 6.07) is 14.9. The van der Waals surface area contributed by atoms with Crippen molar-refractivity contribution in [2.45, 2.75) is 42.7 Å². The van der Waals surface area contributed by atoms with Crippen LogP contribution in [0.3, 0.4) is 0 Å². The highest BCUT2D eigenvalue weighted by atomic mass is 32.2. The van der Waals surface area contributed by atoms with Crippen LogP contribution in [0.5, 0.6) is 0 Å². The zero-order valence-electron chi connectivity index (χ0n) is 19.1. The number of thiazole rings is 1. The van der Waals surface area contributed by atoms with Gasteiger partial charge in [0, 0.05) is 46.9 Å². The topological polar surface area (TPSA) is 57.7 Å². The fourth-order valence-corrected chi connectivity index (χ4v) is 5.73. The van der Waals surface area contributed by atoms with Crippen LogP contribution in [0.25, 0.3) is 11.3 Å². The lowest BCUT2D eigenvalue weighted by Gasteiger charge is -2.35. The van der Waals surface area contributed by atoms with Crippen molar-refractivity contribution in [1.82, 2.24) is 14.8 Å². The molecule has 1 N–H and O–H groups in total. The number of anilines is 2. The molecule has 1 aromatic heterocycles. The zero-order valence-corrected chi connectivity index (χ0v) is 20.8. The number of piperazine rings is 1. The maximum atomic E-state index is 12.3. The Bertz CT molecular complexity index is 1160. The first-order chi connectivity index (χ1) is 15.8. The predicted octanol–water partition coefficient (Wildman–Crippen LogP) is 6.07. The van der Waals surface area contributed by atoms with Crippen LogP contribution in [0, 0.1) is 0 Å². The standard InChI is InChI=1S/C25H28N4O2S2/c1-25(2,3)31-24(30)29-12-10-28(11-13-29)15-23-27-20(16-32-23)17-8-9-22-19(14-17)26-18-6-4-5-7-21(18)33-22/h4-9,14,16,26H,10-13,15H2,1-3H3. The number of nitrogens with one attached hydrogen (secondary N) is 1. The van der Waals surface area contributed by atoms with Gasteiger partial charge < -0.3 is 15.0 Å². The normalized spacial score (nSPS) is 16.0. The van der Waals surface area contributed by atoms with Gasteiger partial charge in [-0.1, -0.05) is 30.0 Å². The van der Waals surface area contributed by atoms with E-state index in [0.717, 1.165) is 47.3 Å². The van der Waals surface area contributed by atoms with Gasteiger partial charge in [0.2, 0.25) is 0 Å². The Morgan fingerprint density at radius 2 is 1.82 bits per heavy atom. The number of nitrogens with zero attached hydrogens (tertiary/aromatic N) is 3. The van der Waals surface area contributed by atoms with Crippen LogP contribution in [-0.2, 0) is 11.3 Å². The molecule has 3 heterocycles. The van der Waals surface area contributed by atoms with Crippen molar-refractivity contribution in [1.29, 1.82) is 0 Å². The van der Waals surface area contributed by atoms with Crippen LogP contribution in [0.1, 0.15) is 25.8 Å². The fraction of sp³-hybridized carbons (Fsp3) is 0.360. The zero-order chi connectivity index (χ0) is 23.0. The predicted molar refractivity (Wildman–Crippen MR) is 134 cm³/mol. The number of carbonyl (C=O) groups excluding carboxylic acids is 1. The van der Waals surface area contributed by atoms with E-state index in [4.69, 9.17) is 9.72 Å². The smallest absolute Gasteiger partial charge is 0.410 e. The molecule has 33 heavy (non-hydrogen) atoms. The number of hydrogen-bond acceptors (Lipinski definition) is 7. The number of rotatable bonds is 3. The van der Waals surface area contributed by atoms with Gasteiger partial charge >= 0.3 is 6.09 Å².